The maximum Gasteiger partial charge on any atom is 0.252 e. The summed E-state index contributed by atoms with van der Waals surface area (Å²) in [6.07, 6.45) is 5.06. The Labute approximate surface area is 131 Å². The van der Waals surface area contributed by atoms with E-state index < -0.39 is 0 Å². The molecule has 1 aromatic carbocycles. The number of halogens is 2. The molecule has 1 amide bonds. The molecule has 2 rings (SSSR count). The Balaban J connectivity index is 1.89. The zero-order valence-electron chi connectivity index (χ0n) is 11.1. The van der Waals surface area contributed by atoms with Gasteiger partial charge in [-0.2, -0.15) is 0 Å². The molecule has 1 aromatic rings. The second kappa shape index (κ2) is 6.89. The molecule has 4 heteroatoms. The lowest BCUT2D eigenvalue weighted by atomic mass is 9.83. The fraction of sp³-hybridized carbons (Fsp3) is 0.533. The minimum Gasteiger partial charge on any atom is -0.352 e. The lowest BCUT2D eigenvalue weighted by Gasteiger charge is -2.26. The minimum absolute atomic E-state index is 0.00629. The highest BCUT2D eigenvalue weighted by molar-refractivity contribution is 9.11. The first kappa shape index (κ1) is 15.0. The summed E-state index contributed by atoms with van der Waals surface area (Å²) < 4.78 is 1.76. The summed E-state index contributed by atoms with van der Waals surface area (Å²) in [7, 11) is 0. The molecule has 1 fully saturated rings. The molecular weight excluding hydrogens is 370 g/mol. The van der Waals surface area contributed by atoms with Crippen LogP contribution in [0.15, 0.2) is 27.1 Å². The molecule has 0 atom stereocenters. The van der Waals surface area contributed by atoms with Crippen molar-refractivity contribution in [2.45, 2.75) is 32.6 Å². The number of hydrogen-bond donors (Lipinski definition) is 1. The molecule has 1 N–H and O–H groups in total. The van der Waals surface area contributed by atoms with Crippen LogP contribution in [0.5, 0.6) is 0 Å². The number of carbonyl (C=O) groups excluding carboxylic acids is 1. The Morgan fingerprint density at radius 3 is 2.63 bits per heavy atom. The highest BCUT2D eigenvalue weighted by Gasteiger charge is 2.19. The third-order valence-corrected chi connectivity index (χ3v) is 5.04. The van der Waals surface area contributed by atoms with Gasteiger partial charge in [-0.05, 0) is 58.8 Å². The van der Waals surface area contributed by atoms with Gasteiger partial charge >= 0.3 is 0 Å². The summed E-state index contributed by atoms with van der Waals surface area (Å²) >= 11 is 6.82. The highest BCUT2D eigenvalue weighted by atomic mass is 79.9. The van der Waals surface area contributed by atoms with Crippen molar-refractivity contribution in [3.8, 4) is 0 Å². The number of rotatable bonds is 3. The summed E-state index contributed by atoms with van der Waals surface area (Å²) in [5, 5.41) is 3.06. The van der Waals surface area contributed by atoms with Crippen molar-refractivity contribution in [1.29, 1.82) is 0 Å². The molecule has 1 saturated carbocycles. The molecular formula is C15H19Br2NO. The lowest BCUT2D eigenvalue weighted by Crippen LogP contribution is -2.31. The van der Waals surface area contributed by atoms with E-state index in [2.05, 4.69) is 44.1 Å². The standard InChI is InChI=1S/C15H19Br2NO/c1-10-2-4-11(5-3-10)9-18-15(19)13-8-12(16)6-7-14(13)17/h6-8,10-11H,2-5,9H2,1H3,(H,18,19). The number of hydrogen-bond acceptors (Lipinski definition) is 1. The molecule has 0 spiro atoms. The normalized spacial score (nSPS) is 23.1. The molecule has 0 unspecified atom stereocenters. The van der Waals surface area contributed by atoms with Crippen LogP contribution >= 0.6 is 31.9 Å². The monoisotopic (exact) mass is 387 g/mol. The zero-order chi connectivity index (χ0) is 13.8. The van der Waals surface area contributed by atoms with Crippen molar-refractivity contribution in [2.75, 3.05) is 6.54 Å². The maximum absolute atomic E-state index is 12.2. The van der Waals surface area contributed by atoms with Crippen LogP contribution in [0.25, 0.3) is 0 Å². The largest absolute Gasteiger partial charge is 0.352 e. The fourth-order valence-electron chi connectivity index (χ4n) is 2.54. The van der Waals surface area contributed by atoms with Crippen molar-refractivity contribution in [1.82, 2.24) is 5.32 Å². The zero-order valence-corrected chi connectivity index (χ0v) is 14.3. The highest BCUT2D eigenvalue weighted by Crippen LogP contribution is 2.28. The Morgan fingerprint density at radius 1 is 1.26 bits per heavy atom. The maximum atomic E-state index is 12.2. The predicted octanol–water partition coefficient (Wildman–Crippen LogP) is 4.77. The van der Waals surface area contributed by atoms with Gasteiger partial charge in [-0.15, -0.1) is 0 Å². The van der Waals surface area contributed by atoms with Gasteiger partial charge in [-0.1, -0.05) is 35.7 Å². The van der Waals surface area contributed by atoms with Gasteiger partial charge in [0.05, 0.1) is 5.56 Å². The number of nitrogens with one attached hydrogen (secondary N) is 1. The predicted molar refractivity (Wildman–Crippen MR) is 85.3 cm³/mol. The van der Waals surface area contributed by atoms with Gasteiger partial charge in [0.25, 0.3) is 5.91 Å². The molecule has 2 nitrogen and oxygen atoms in total. The van der Waals surface area contributed by atoms with Crippen LogP contribution in [0.3, 0.4) is 0 Å². The van der Waals surface area contributed by atoms with Crippen LogP contribution in [-0.4, -0.2) is 12.5 Å². The second-order valence-corrected chi connectivity index (χ2v) is 7.23. The van der Waals surface area contributed by atoms with Crippen LogP contribution in [0.4, 0.5) is 0 Å². The van der Waals surface area contributed by atoms with Gasteiger partial charge in [0.15, 0.2) is 0 Å². The van der Waals surface area contributed by atoms with Gasteiger partial charge in [0, 0.05) is 15.5 Å². The van der Waals surface area contributed by atoms with E-state index in [4.69, 9.17) is 0 Å². The van der Waals surface area contributed by atoms with Gasteiger partial charge in [0.2, 0.25) is 0 Å². The van der Waals surface area contributed by atoms with Crippen LogP contribution in [0.1, 0.15) is 43.0 Å². The third-order valence-electron chi connectivity index (χ3n) is 3.86. The molecule has 0 radical (unpaired) electrons. The first-order valence-electron chi connectivity index (χ1n) is 6.79. The Bertz CT molecular complexity index is 453. The third kappa shape index (κ3) is 4.32. The Hall–Kier alpha value is -0.350. The Kier molecular flexibility index (Phi) is 5.46. The van der Waals surface area contributed by atoms with Crippen molar-refractivity contribution < 1.29 is 4.79 Å². The van der Waals surface area contributed by atoms with Crippen molar-refractivity contribution in [3.63, 3.8) is 0 Å². The summed E-state index contributed by atoms with van der Waals surface area (Å²) in [6, 6.07) is 5.66. The van der Waals surface area contributed by atoms with Gasteiger partial charge in [-0.3, -0.25) is 4.79 Å². The first-order chi connectivity index (χ1) is 9.06. The molecule has 19 heavy (non-hydrogen) atoms. The Morgan fingerprint density at radius 2 is 1.95 bits per heavy atom. The average Bonchev–Trinajstić information content (AvgIpc) is 2.40. The van der Waals surface area contributed by atoms with Gasteiger partial charge in [0.1, 0.15) is 0 Å². The molecule has 0 heterocycles. The van der Waals surface area contributed by atoms with Crippen molar-refractivity contribution in [3.05, 3.63) is 32.7 Å². The van der Waals surface area contributed by atoms with Crippen LogP contribution in [-0.2, 0) is 0 Å². The molecule has 1 aliphatic rings. The van der Waals surface area contributed by atoms with Crippen LogP contribution < -0.4 is 5.32 Å². The van der Waals surface area contributed by atoms with Crippen molar-refractivity contribution in [2.24, 2.45) is 11.8 Å². The van der Waals surface area contributed by atoms with E-state index in [-0.39, 0.29) is 5.91 Å². The van der Waals surface area contributed by atoms with Gasteiger partial charge in [-0.25, -0.2) is 0 Å². The first-order valence-corrected chi connectivity index (χ1v) is 8.38. The van der Waals surface area contributed by atoms with Crippen LogP contribution in [0, 0.1) is 11.8 Å². The molecule has 0 aliphatic heterocycles. The van der Waals surface area contributed by atoms with E-state index in [0.29, 0.717) is 11.5 Å². The molecule has 0 saturated heterocycles. The quantitative estimate of drug-likeness (QED) is 0.793. The molecule has 104 valence electrons. The fourth-order valence-corrected chi connectivity index (χ4v) is 3.32. The molecule has 1 aliphatic carbocycles. The summed E-state index contributed by atoms with van der Waals surface area (Å²) in [4.78, 5) is 12.2. The van der Waals surface area contributed by atoms with E-state index in [1.807, 2.05) is 18.2 Å². The van der Waals surface area contributed by atoms with E-state index >= 15 is 0 Å². The van der Waals surface area contributed by atoms with E-state index in [0.717, 1.165) is 21.4 Å². The smallest absolute Gasteiger partial charge is 0.252 e. The molecule has 0 bridgehead atoms. The van der Waals surface area contributed by atoms with E-state index in [9.17, 15) is 4.79 Å². The summed E-state index contributed by atoms with van der Waals surface area (Å²) in [5.41, 5.74) is 0.693. The number of carbonyl (C=O) groups is 1. The van der Waals surface area contributed by atoms with E-state index in [1.54, 1.807) is 0 Å². The molecule has 0 aromatic heterocycles. The summed E-state index contributed by atoms with van der Waals surface area (Å²) in [6.45, 7) is 3.11. The van der Waals surface area contributed by atoms with Crippen LogP contribution in [0.2, 0.25) is 0 Å². The van der Waals surface area contributed by atoms with Crippen molar-refractivity contribution >= 4 is 37.8 Å². The van der Waals surface area contributed by atoms with Gasteiger partial charge < -0.3 is 5.32 Å². The lowest BCUT2D eigenvalue weighted by molar-refractivity contribution is 0.0941. The number of benzene rings is 1. The summed E-state index contributed by atoms with van der Waals surface area (Å²) in [5.74, 6) is 1.50. The second-order valence-electron chi connectivity index (χ2n) is 5.46. The number of amides is 1. The topological polar surface area (TPSA) is 29.1 Å². The minimum atomic E-state index is 0.00629. The SMILES string of the molecule is CC1CCC(CNC(=O)c2cc(Br)ccc2Br)CC1. The van der Waals surface area contributed by atoms with E-state index in [1.165, 1.54) is 25.7 Å². The average molecular weight is 389 g/mol.